The van der Waals surface area contributed by atoms with E-state index in [1.807, 2.05) is 48.2 Å². The van der Waals surface area contributed by atoms with E-state index in [1.54, 1.807) is 6.33 Å². The summed E-state index contributed by atoms with van der Waals surface area (Å²) in [6, 6.07) is 11.3. The van der Waals surface area contributed by atoms with E-state index in [2.05, 4.69) is 15.1 Å². The molecule has 0 bridgehead atoms. The van der Waals surface area contributed by atoms with Gasteiger partial charge in [-0.1, -0.05) is 18.2 Å². The van der Waals surface area contributed by atoms with Crippen LogP contribution in [0.5, 0.6) is 0 Å². The average Bonchev–Trinajstić information content (AvgIpc) is 3.25. The Morgan fingerprint density at radius 3 is 2.61 bits per heavy atom. The van der Waals surface area contributed by atoms with Crippen molar-refractivity contribution < 1.29 is 18.0 Å². The molecule has 1 N–H and O–H groups in total. The zero-order chi connectivity index (χ0) is 22.9. The second kappa shape index (κ2) is 6.94. The van der Waals surface area contributed by atoms with Crippen molar-refractivity contribution in [2.24, 2.45) is 11.8 Å². The molecule has 2 fully saturated rings. The zero-order valence-electron chi connectivity index (χ0n) is 17.7. The molecule has 33 heavy (non-hydrogen) atoms. The third kappa shape index (κ3) is 3.21. The van der Waals surface area contributed by atoms with E-state index < -0.39 is 6.30 Å². The number of anilines is 1. The molecule has 1 aliphatic carbocycles. The highest BCUT2D eigenvalue weighted by atomic mass is 19.4. The van der Waals surface area contributed by atoms with Crippen molar-refractivity contribution >= 4 is 22.6 Å². The molecule has 3 heterocycles. The molecule has 168 valence electrons. The molecular weight excluding hydrogens is 431 g/mol. The number of fused-ring (bicyclic) bond motifs is 1. The molecule has 6 nitrogen and oxygen atoms in total. The lowest BCUT2D eigenvalue weighted by atomic mass is 9.77. The van der Waals surface area contributed by atoms with Crippen molar-refractivity contribution in [3.63, 3.8) is 0 Å². The third-order valence-electron chi connectivity index (χ3n) is 6.72. The molecule has 0 spiro atoms. The summed E-state index contributed by atoms with van der Waals surface area (Å²) >= 11 is 0. The maximum atomic E-state index is 13.2. The van der Waals surface area contributed by atoms with Crippen LogP contribution in [0.4, 0.5) is 18.9 Å². The Balaban J connectivity index is 1.37. The van der Waals surface area contributed by atoms with Crippen LogP contribution < -0.4 is 4.90 Å². The van der Waals surface area contributed by atoms with Gasteiger partial charge in [-0.15, -0.1) is 13.2 Å². The number of aromatic amines is 1. The average molecular weight is 451 g/mol. The fourth-order valence-electron chi connectivity index (χ4n) is 4.91. The number of nitrogens with one attached hydrogen (secondary N) is 1. The number of hydrogen-bond donors (Lipinski definition) is 1. The first kappa shape index (κ1) is 20.0. The number of carbonyl (C=O) groups is 1. The van der Waals surface area contributed by atoms with Gasteiger partial charge in [-0.05, 0) is 60.6 Å². The van der Waals surface area contributed by atoms with E-state index in [4.69, 9.17) is 0 Å². The van der Waals surface area contributed by atoms with E-state index in [9.17, 15) is 18.0 Å². The molecule has 2 aromatic heterocycles. The summed E-state index contributed by atoms with van der Waals surface area (Å²) in [5.74, 6) is 0.432. The van der Waals surface area contributed by atoms with Gasteiger partial charge in [-0.2, -0.15) is 9.78 Å². The number of hydrogen-bond acceptors (Lipinski definition) is 3. The fourth-order valence-corrected chi connectivity index (χ4v) is 4.91. The normalized spacial score (nSPS) is 21.0. The van der Waals surface area contributed by atoms with E-state index in [0.29, 0.717) is 17.0 Å². The van der Waals surface area contributed by atoms with Gasteiger partial charge < -0.3 is 9.88 Å². The Kier molecular flexibility index (Phi) is 4.21. The molecule has 0 unspecified atom stereocenters. The minimum Gasteiger partial charge on any atom is -0.345 e. The first-order valence-corrected chi connectivity index (χ1v) is 10.8. The second-order valence-electron chi connectivity index (χ2n) is 8.83. The quantitative estimate of drug-likeness (QED) is 0.427. The molecule has 0 radical (unpaired) electrons. The first-order valence-electron chi connectivity index (χ1n) is 10.8. The number of aromatic nitrogens is 4. The predicted octanol–water partition coefficient (Wildman–Crippen LogP) is 5.33. The molecule has 2 aromatic carbocycles. The smallest absolute Gasteiger partial charge is 0.345 e. The lowest BCUT2D eigenvalue weighted by Gasteiger charge is -2.48. The minimum atomic E-state index is -4.55. The molecule has 4 aromatic rings. The summed E-state index contributed by atoms with van der Waals surface area (Å²) in [5, 5.41) is 3.43. The zero-order valence-corrected chi connectivity index (χ0v) is 17.7. The molecule has 2 aliphatic rings. The van der Waals surface area contributed by atoms with Crippen LogP contribution >= 0.6 is 0 Å². The van der Waals surface area contributed by atoms with E-state index >= 15 is 0 Å². The summed E-state index contributed by atoms with van der Waals surface area (Å²) < 4.78 is 38.8. The highest BCUT2D eigenvalue weighted by Gasteiger charge is 2.55. The standard InChI is InChI=1S/C24H20F3N5O/c1-13-8-15(16-10-30-31(11-16)24(25,26)27)4-6-18(13)22-21(14-2-3-14)23(33)32(22)17-5-7-19-20(9-17)29-12-28-19/h4-12,14,21-22H,2-3H2,1H3,(H,28,29)/t21-,22+/m1/s1. The van der Waals surface area contributed by atoms with Gasteiger partial charge in [0.15, 0.2) is 0 Å². The number of imidazole rings is 1. The molecule has 9 heteroatoms. The van der Waals surface area contributed by atoms with Crippen LogP contribution in [0.25, 0.3) is 22.2 Å². The third-order valence-corrected chi connectivity index (χ3v) is 6.72. The largest absolute Gasteiger partial charge is 0.504 e. The molecule has 2 atom stereocenters. The van der Waals surface area contributed by atoms with Crippen LogP contribution in [-0.4, -0.2) is 25.7 Å². The molecule has 1 aliphatic heterocycles. The van der Waals surface area contributed by atoms with Crippen molar-refractivity contribution in [1.82, 2.24) is 19.7 Å². The molecular formula is C24H20F3N5O. The Hall–Kier alpha value is -3.62. The Labute approximate surface area is 187 Å². The van der Waals surface area contributed by atoms with Crippen LogP contribution in [-0.2, 0) is 11.1 Å². The van der Waals surface area contributed by atoms with Crippen LogP contribution in [0.1, 0.15) is 30.0 Å². The van der Waals surface area contributed by atoms with Crippen LogP contribution in [0.15, 0.2) is 55.1 Å². The number of rotatable bonds is 4. The van der Waals surface area contributed by atoms with Crippen LogP contribution in [0.2, 0.25) is 0 Å². The number of carbonyl (C=O) groups excluding carboxylic acids is 1. The fraction of sp³-hybridized carbons (Fsp3) is 0.292. The maximum Gasteiger partial charge on any atom is 0.504 e. The number of halogens is 3. The lowest BCUT2D eigenvalue weighted by Crippen LogP contribution is -2.56. The van der Waals surface area contributed by atoms with Gasteiger partial charge in [0.05, 0.1) is 35.5 Å². The number of benzene rings is 2. The molecule has 1 amide bonds. The SMILES string of the molecule is Cc1cc(-c2cnn(C(F)(F)F)c2)ccc1[C@H]1[C@@H](C2CC2)C(=O)N1c1ccc2[nH]cnc2c1. The molecule has 6 rings (SSSR count). The monoisotopic (exact) mass is 451 g/mol. The van der Waals surface area contributed by atoms with E-state index in [1.165, 1.54) is 6.20 Å². The van der Waals surface area contributed by atoms with Gasteiger partial charge in [0, 0.05) is 17.4 Å². The lowest BCUT2D eigenvalue weighted by molar-refractivity contribution is -0.212. The summed E-state index contributed by atoms with van der Waals surface area (Å²) in [6.45, 7) is 1.94. The van der Waals surface area contributed by atoms with Gasteiger partial charge >= 0.3 is 6.30 Å². The number of β-lactam (4-membered cyclic amide) rings is 1. The summed E-state index contributed by atoms with van der Waals surface area (Å²) in [7, 11) is 0. The molecule has 1 saturated heterocycles. The maximum absolute atomic E-state index is 13.2. The first-order chi connectivity index (χ1) is 15.8. The topological polar surface area (TPSA) is 66.8 Å². The minimum absolute atomic E-state index is 0.00617. The number of nitrogens with zero attached hydrogens (tertiary/aromatic N) is 4. The number of amides is 1. The van der Waals surface area contributed by atoms with E-state index in [-0.39, 0.29) is 22.5 Å². The predicted molar refractivity (Wildman–Crippen MR) is 116 cm³/mol. The van der Waals surface area contributed by atoms with Gasteiger partial charge in [0.2, 0.25) is 5.91 Å². The molecule has 1 saturated carbocycles. The second-order valence-corrected chi connectivity index (χ2v) is 8.83. The van der Waals surface area contributed by atoms with Crippen LogP contribution in [0.3, 0.4) is 0 Å². The Bertz CT molecular complexity index is 1380. The number of H-pyrrole nitrogens is 1. The van der Waals surface area contributed by atoms with Crippen molar-refractivity contribution in [1.29, 1.82) is 0 Å². The van der Waals surface area contributed by atoms with Gasteiger partial charge in [0.25, 0.3) is 0 Å². The Morgan fingerprint density at radius 2 is 1.91 bits per heavy atom. The van der Waals surface area contributed by atoms with Gasteiger partial charge in [-0.3, -0.25) is 4.79 Å². The highest BCUT2D eigenvalue weighted by molar-refractivity contribution is 6.04. The van der Waals surface area contributed by atoms with Gasteiger partial charge in [-0.25, -0.2) is 4.98 Å². The van der Waals surface area contributed by atoms with Crippen LogP contribution in [0, 0.1) is 18.8 Å². The van der Waals surface area contributed by atoms with E-state index in [0.717, 1.165) is 46.9 Å². The van der Waals surface area contributed by atoms with Crippen molar-refractivity contribution in [3.05, 3.63) is 66.2 Å². The van der Waals surface area contributed by atoms with Crippen molar-refractivity contribution in [2.45, 2.75) is 32.1 Å². The van der Waals surface area contributed by atoms with Crippen molar-refractivity contribution in [2.75, 3.05) is 4.90 Å². The van der Waals surface area contributed by atoms with Gasteiger partial charge in [0.1, 0.15) is 0 Å². The Morgan fingerprint density at radius 1 is 1.09 bits per heavy atom. The number of alkyl halides is 3. The van der Waals surface area contributed by atoms with Crippen molar-refractivity contribution in [3.8, 4) is 11.1 Å². The highest BCUT2D eigenvalue weighted by Crippen LogP contribution is 2.54. The summed E-state index contributed by atoms with van der Waals surface area (Å²) in [5.41, 5.74) is 5.50. The number of aryl methyl sites for hydroxylation is 1. The summed E-state index contributed by atoms with van der Waals surface area (Å²) in [4.78, 5) is 22.4. The summed E-state index contributed by atoms with van der Waals surface area (Å²) in [6.07, 6.45) is 1.38.